The van der Waals surface area contributed by atoms with E-state index in [-0.39, 0.29) is 11.7 Å². The maximum atomic E-state index is 12.7. The summed E-state index contributed by atoms with van der Waals surface area (Å²) in [5.41, 5.74) is 6.44. The molecule has 1 aliphatic rings. The molecule has 34 heavy (non-hydrogen) atoms. The van der Waals surface area contributed by atoms with Crippen molar-refractivity contribution in [2.75, 3.05) is 18.4 Å². The summed E-state index contributed by atoms with van der Waals surface area (Å²) in [6, 6.07) is 13.1. The SMILES string of the molecule is NC(=O)c1cc(-c2ccc(SN3CCC(Nc4ccc(C(F)(F)F)cn4)C(O)C3)cc2)ccn1. The number of carbonyl (C=O) groups is 1. The molecule has 3 heterocycles. The van der Waals surface area contributed by atoms with Crippen molar-refractivity contribution in [3.05, 3.63) is 72.2 Å². The predicted octanol–water partition coefficient (Wildman–Crippen LogP) is 3.82. The summed E-state index contributed by atoms with van der Waals surface area (Å²) >= 11 is 1.51. The molecule has 1 fully saturated rings. The van der Waals surface area contributed by atoms with E-state index in [1.807, 2.05) is 28.6 Å². The standard InChI is InChI=1S/C23H22F3N5O2S/c24-23(25,26)16-3-6-21(29-12-16)30-18-8-10-31(13-20(18)32)34-17-4-1-14(2-5-17)15-7-9-28-19(11-15)22(27)33/h1-7,9,11-12,18,20,32H,8,10,13H2,(H2,27,33)(H,29,30). The molecule has 0 aliphatic carbocycles. The van der Waals surface area contributed by atoms with E-state index in [1.54, 1.807) is 12.1 Å². The van der Waals surface area contributed by atoms with E-state index in [4.69, 9.17) is 5.73 Å². The van der Waals surface area contributed by atoms with Crippen LogP contribution in [0.3, 0.4) is 0 Å². The Labute approximate surface area is 198 Å². The number of halogens is 3. The van der Waals surface area contributed by atoms with Gasteiger partial charge in [-0.2, -0.15) is 13.2 Å². The Hall–Kier alpha value is -3.15. The summed E-state index contributed by atoms with van der Waals surface area (Å²) in [4.78, 5) is 20.1. The van der Waals surface area contributed by atoms with Crippen LogP contribution < -0.4 is 11.1 Å². The Kier molecular flexibility index (Phi) is 7.05. The molecule has 2 aromatic heterocycles. The molecule has 178 valence electrons. The van der Waals surface area contributed by atoms with Gasteiger partial charge >= 0.3 is 6.18 Å². The number of aliphatic hydroxyl groups excluding tert-OH is 1. The topological polar surface area (TPSA) is 104 Å². The lowest BCUT2D eigenvalue weighted by Gasteiger charge is -2.35. The van der Waals surface area contributed by atoms with Crippen LogP contribution in [0.4, 0.5) is 19.0 Å². The van der Waals surface area contributed by atoms with Crippen LogP contribution in [-0.2, 0) is 6.18 Å². The lowest BCUT2D eigenvalue weighted by atomic mass is 10.0. The highest BCUT2D eigenvalue weighted by molar-refractivity contribution is 7.97. The highest BCUT2D eigenvalue weighted by Crippen LogP contribution is 2.31. The van der Waals surface area contributed by atoms with E-state index in [9.17, 15) is 23.1 Å². The third-order valence-electron chi connectivity index (χ3n) is 5.40. The second-order valence-electron chi connectivity index (χ2n) is 7.83. The number of aliphatic hydroxyl groups is 1. The van der Waals surface area contributed by atoms with Gasteiger partial charge in [0.25, 0.3) is 5.91 Å². The molecule has 4 rings (SSSR count). The van der Waals surface area contributed by atoms with E-state index in [0.717, 1.165) is 28.3 Å². The first kappa shape index (κ1) is 24.0. The van der Waals surface area contributed by atoms with Gasteiger partial charge in [0.2, 0.25) is 0 Å². The highest BCUT2D eigenvalue weighted by atomic mass is 32.2. The van der Waals surface area contributed by atoms with Gasteiger partial charge in [-0.05, 0) is 65.9 Å². The Morgan fingerprint density at radius 1 is 1.12 bits per heavy atom. The number of rotatable bonds is 6. The average Bonchev–Trinajstić information content (AvgIpc) is 2.81. The number of hydrogen-bond acceptors (Lipinski definition) is 7. The van der Waals surface area contributed by atoms with Crippen LogP contribution in [0.5, 0.6) is 0 Å². The van der Waals surface area contributed by atoms with E-state index < -0.39 is 23.8 Å². The third-order valence-corrected chi connectivity index (χ3v) is 6.48. The van der Waals surface area contributed by atoms with Crippen molar-refractivity contribution >= 4 is 23.7 Å². The van der Waals surface area contributed by atoms with Crippen molar-refractivity contribution in [2.45, 2.75) is 29.6 Å². The number of primary amides is 1. The lowest BCUT2D eigenvalue weighted by Crippen LogP contribution is -2.47. The molecule has 0 saturated carbocycles. The van der Waals surface area contributed by atoms with Crippen molar-refractivity contribution in [1.82, 2.24) is 14.3 Å². The molecule has 1 amide bonds. The molecule has 7 nitrogen and oxygen atoms in total. The number of carbonyl (C=O) groups excluding carboxylic acids is 1. The Morgan fingerprint density at radius 2 is 1.88 bits per heavy atom. The molecular weight excluding hydrogens is 467 g/mol. The Morgan fingerprint density at radius 3 is 2.50 bits per heavy atom. The first-order valence-electron chi connectivity index (χ1n) is 10.5. The maximum Gasteiger partial charge on any atom is 0.417 e. The molecule has 1 aliphatic heterocycles. The molecule has 1 saturated heterocycles. The number of aromatic nitrogens is 2. The van der Waals surface area contributed by atoms with E-state index in [2.05, 4.69) is 15.3 Å². The fourth-order valence-corrected chi connectivity index (χ4v) is 4.57. The van der Waals surface area contributed by atoms with Gasteiger partial charge < -0.3 is 16.2 Å². The van der Waals surface area contributed by atoms with Gasteiger partial charge in [0.05, 0.1) is 17.7 Å². The number of piperidine rings is 1. The normalized spacial score (nSPS) is 19.1. The lowest BCUT2D eigenvalue weighted by molar-refractivity contribution is -0.137. The van der Waals surface area contributed by atoms with Crippen LogP contribution in [-0.4, -0.2) is 50.5 Å². The average molecular weight is 490 g/mol. The molecule has 2 atom stereocenters. The zero-order valence-corrected chi connectivity index (χ0v) is 18.7. The molecule has 0 radical (unpaired) electrons. The number of benzene rings is 1. The fraction of sp³-hybridized carbons (Fsp3) is 0.261. The molecule has 3 aromatic rings. The summed E-state index contributed by atoms with van der Waals surface area (Å²) in [7, 11) is 0. The van der Waals surface area contributed by atoms with Gasteiger partial charge in [-0.15, -0.1) is 0 Å². The van der Waals surface area contributed by atoms with Crippen LogP contribution in [0, 0.1) is 0 Å². The second kappa shape index (κ2) is 10.00. The third kappa shape index (κ3) is 5.85. The minimum absolute atomic E-state index is 0.202. The number of pyridine rings is 2. The van der Waals surface area contributed by atoms with E-state index in [0.29, 0.717) is 25.3 Å². The molecular formula is C23H22F3N5O2S. The largest absolute Gasteiger partial charge is 0.417 e. The predicted molar refractivity (Wildman–Crippen MR) is 123 cm³/mol. The van der Waals surface area contributed by atoms with Gasteiger partial charge in [0.1, 0.15) is 11.5 Å². The minimum Gasteiger partial charge on any atom is -0.390 e. The number of hydrogen-bond donors (Lipinski definition) is 3. The number of nitrogens with zero attached hydrogens (tertiary/aromatic N) is 3. The zero-order valence-electron chi connectivity index (χ0n) is 17.9. The van der Waals surface area contributed by atoms with Crippen LogP contribution >= 0.6 is 11.9 Å². The number of anilines is 1. The van der Waals surface area contributed by atoms with Gasteiger partial charge in [0.15, 0.2) is 0 Å². The summed E-state index contributed by atoms with van der Waals surface area (Å²) in [5.74, 6) is -0.288. The maximum absolute atomic E-state index is 12.7. The van der Waals surface area contributed by atoms with Crippen LogP contribution in [0.2, 0.25) is 0 Å². The van der Waals surface area contributed by atoms with Crippen LogP contribution in [0.25, 0.3) is 11.1 Å². The van der Waals surface area contributed by atoms with Crippen molar-refractivity contribution in [3.63, 3.8) is 0 Å². The van der Waals surface area contributed by atoms with Crippen LogP contribution in [0.15, 0.2) is 65.8 Å². The first-order valence-corrected chi connectivity index (χ1v) is 11.2. The molecule has 2 unspecified atom stereocenters. The number of amides is 1. The molecule has 1 aromatic carbocycles. The molecule has 4 N–H and O–H groups in total. The molecule has 0 bridgehead atoms. The van der Waals surface area contributed by atoms with Crippen molar-refractivity contribution < 1.29 is 23.1 Å². The van der Waals surface area contributed by atoms with Crippen molar-refractivity contribution in [1.29, 1.82) is 0 Å². The van der Waals surface area contributed by atoms with Crippen molar-refractivity contribution in [2.24, 2.45) is 5.73 Å². The number of nitrogens with two attached hydrogens (primary N) is 1. The van der Waals surface area contributed by atoms with Gasteiger partial charge in [0, 0.05) is 30.4 Å². The minimum atomic E-state index is -4.43. The summed E-state index contributed by atoms with van der Waals surface area (Å²) < 4.78 is 40.1. The Bertz CT molecular complexity index is 1140. The summed E-state index contributed by atoms with van der Waals surface area (Å²) in [6.07, 6.45) is -2.23. The van der Waals surface area contributed by atoms with Crippen molar-refractivity contribution in [3.8, 4) is 11.1 Å². The smallest absolute Gasteiger partial charge is 0.390 e. The number of nitrogens with one attached hydrogen (secondary N) is 1. The zero-order chi connectivity index (χ0) is 24.3. The van der Waals surface area contributed by atoms with Gasteiger partial charge in [-0.25, -0.2) is 9.29 Å². The second-order valence-corrected chi connectivity index (χ2v) is 9.00. The van der Waals surface area contributed by atoms with Crippen LogP contribution in [0.1, 0.15) is 22.5 Å². The summed E-state index contributed by atoms with van der Waals surface area (Å²) in [5, 5.41) is 13.6. The Balaban J connectivity index is 1.32. The van der Waals surface area contributed by atoms with Gasteiger partial charge in [-0.1, -0.05) is 12.1 Å². The highest BCUT2D eigenvalue weighted by Gasteiger charge is 2.31. The molecule has 11 heteroatoms. The monoisotopic (exact) mass is 489 g/mol. The number of β-amino-alcohol motifs (C(OH)–C–C–N with tert-alkyl or cyclic N) is 1. The van der Waals surface area contributed by atoms with E-state index >= 15 is 0 Å². The van der Waals surface area contributed by atoms with E-state index in [1.165, 1.54) is 24.2 Å². The quantitative estimate of drug-likeness (QED) is 0.452. The molecule has 0 spiro atoms. The summed E-state index contributed by atoms with van der Waals surface area (Å²) in [6.45, 7) is 1.06. The van der Waals surface area contributed by atoms with Gasteiger partial charge in [-0.3, -0.25) is 9.78 Å². The number of alkyl halides is 3. The first-order chi connectivity index (χ1) is 16.2. The fourth-order valence-electron chi connectivity index (χ4n) is 3.59.